The van der Waals surface area contributed by atoms with Crippen LogP contribution >= 0.6 is 0 Å². The third-order valence-electron chi connectivity index (χ3n) is 4.02. The highest BCUT2D eigenvalue weighted by molar-refractivity contribution is 5.73. The van der Waals surface area contributed by atoms with Crippen molar-refractivity contribution >= 4 is 5.97 Å². The van der Waals surface area contributed by atoms with Gasteiger partial charge in [0.2, 0.25) is 6.29 Å². The first-order valence-corrected chi connectivity index (χ1v) is 7.13. The summed E-state index contributed by atoms with van der Waals surface area (Å²) in [6.45, 7) is -0.649. The maximum Gasteiger partial charge on any atom is 0.335 e. The Morgan fingerprint density at radius 1 is 1.25 bits per heavy atom. The van der Waals surface area contributed by atoms with Gasteiger partial charge < -0.3 is 50.0 Å². The first-order chi connectivity index (χ1) is 11.1. The number of rotatable bonds is 4. The van der Waals surface area contributed by atoms with E-state index in [9.17, 15) is 30.3 Å². The maximum absolute atomic E-state index is 11.2. The van der Waals surface area contributed by atoms with Crippen molar-refractivity contribution in [3.05, 3.63) is 0 Å². The fraction of sp³-hybridized carbons (Fsp3) is 0.917. The van der Waals surface area contributed by atoms with Gasteiger partial charge in [0, 0.05) is 6.42 Å². The van der Waals surface area contributed by atoms with E-state index in [1.165, 1.54) is 0 Å². The van der Waals surface area contributed by atoms with Gasteiger partial charge in [-0.05, 0) is 0 Å². The molecule has 0 bridgehead atoms. The second-order valence-corrected chi connectivity index (χ2v) is 5.76. The van der Waals surface area contributed by atoms with Gasteiger partial charge >= 0.3 is 5.97 Å². The molecule has 2 aliphatic rings. The van der Waals surface area contributed by atoms with Crippen LogP contribution < -0.4 is 5.73 Å². The minimum Gasteiger partial charge on any atom is -0.479 e. The number of carbonyl (C=O) groups is 1. The van der Waals surface area contributed by atoms with Gasteiger partial charge in [-0.2, -0.15) is 0 Å². The van der Waals surface area contributed by atoms with Crippen molar-refractivity contribution in [2.75, 3.05) is 6.61 Å². The van der Waals surface area contributed by atoms with E-state index in [-0.39, 0.29) is 6.42 Å². The SMILES string of the molecule is N[C@@]1(O)C(O)O[C@H](C(=O)O)[C@@H](O[C@@H]2C[C@@H](O)[C@H](O)[C@@H](CO)O2)[C@@H]1O. The van der Waals surface area contributed by atoms with Crippen molar-refractivity contribution in [1.29, 1.82) is 0 Å². The lowest BCUT2D eigenvalue weighted by Gasteiger charge is -2.46. The zero-order valence-corrected chi connectivity index (χ0v) is 12.4. The lowest BCUT2D eigenvalue weighted by molar-refractivity contribution is -0.354. The van der Waals surface area contributed by atoms with E-state index in [1.54, 1.807) is 0 Å². The lowest BCUT2D eigenvalue weighted by atomic mass is 9.93. The monoisotopic (exact) mass is 355 g/mol. The molecule has 0 aromatic heterocycles. The average Bonchev–Trinajstić information content (AvgIpc) is 2.51. The first kappa shape index (κ1) is 19.4. The zero-order chi connectivity index (χ0) is 18.2. The van der Waals surface area contributed by atoms with Crippen molar-refractivity contribution < 1.29 is 54.8 Å². The Morgan fingerprint density at radius 2 is 1.88 bits per heavy atom. The van der Waals surface area contributed by atoms with E-state index in [0.29, 0.717) is 0 Å². The molecule has 140 valence electrons. The number of aliphatic hydroxyl groups excluding tert-OH is 5. The van der Waals surface area contributed by atoms with Crippen LogP contribution in [0.1, 0.15) is 6.42 Å². The molecule has 12 nitrogen and oxygen atoms in total. The summed E-state index contributed by atoms with van der Waals surface area (Å²) in [5.74, 6) is -1.61. The molecule has 0 aliphatic carbocycles. The highest BCUT2D eigenvalue weighted by Crippen LogP contribution is 2.30. The molecule has 9 atom stereocenters. The Balaban J connectivity index is 2.16. The summed E-state index contributed by atoms with van der Waals surface area (Å²) in [5.41, 5.74) is 2.60. The molecule has 2 heterocycles. The van der Waals surface area contributed by atoms with Crippen LogP contribution in [0.15, 0.2) is 0 Å². The topological polar surface area (TPSA) is 212 Å². The van der Waals surface area contributed by atoms with Gasteiger partial charge in [-0.25, -0.2) is 4.79 Å². The number of ether oxygens (including phenoxy) is 3. The standard InChI is InChI=1S/C12H21NO11/c13-12(21)9(17)7(8(10(18)19)24-11(12)20)23-5-1-3(15)6(16)4(2-14)22-5/h3-9,11,14-17,20-21H,1-2,13H2,(H,18,19)/t3-,4-,5-,6+,7-,8+,9+,11?,12+/m1/s1. The van der Waals surface area contributed by atoms with Crippen LogP contribution in [0, 0.1) is 0 Å². The second kappa shape index (κ2) is 7.13. The van der Waals surface area contributed by atoms with Crippen LogP contribution in [0.5, 0.6) is 0 Å². The Hall–Kier alpha value is -0.930. The predicted octanol–water partition coefficient (Wildman–Crippen LogP) is -4.99. The zero-order valence-electron chi connectivity index (χ0n) is 12.4. The van der Waals surface area contributed by atoms with Crippen molar-refractivity contribution in [3.63, 3.8) is 0 Å². The van der Waals surface area contributed by atoms with E-state index < -0.39 is 67.5 Å². The van der Waals surface area contributed by atoms with E-state index in [4.69, 9.17) is 25.4 Å². The third-order valence-corrected chi connectivity index (χ3v) is 4.02. The summed E-state index contributed by atoms with van der Waals surface area (Å²) < 4.78 is 15.1. The summed E-state index contributed by atoms with van der Waals surface area (Å²) in [6, 6.07) is 0. The van der Waals surface area contributed by atoms with Gasteiger partial charge in [0.1, 0.15) is 24.4 Å². The molecule has 0 aromatic carbocycles. The highest BCUT2D eigenvalue weighted by atomic mass is 16.7. The largest absolute Gasteiger partial charge is 0.479 e. The number of hydrogen-bond acceptors (Lipinski definition) is 11. The number of carboxylic acids is 1. The van der Waals surface area contributed by atoms with E-state index in [1.807, 2.05) is 0 Å². The van der Waals surface area contributed by atoms with Crippen molar-refractivity contribution in [2.24, 2.45) is 5.73 Å². The molecule has 0 radical (unpaired) electrons. The Morgan fingerprint density at radius 3 is 2.42 bits per heavy atom. The van der Waals surface area contributed by atoms with Crippen LogP contribution in [0.4, 0.5) is 0 Å². The van der Waals surface area contributed by atoms with E-state index in [0.717, 1.165) is 0 Å². The molecule has 2 saturated heterocycles. The van der Waals surface area contributed by atoms with Crippen LogP contribution in [0.2, 0.25) is 0 Å². The quantitative estimate of drug-likeness (QED) is 0.223. The number of hydrogen-bond donors (Lipinski definition) is 8. The molecule has 0 amide bonds. The van der Waals surface area contributed by atoms with Crippen molar-refractivity contribution in [2.45, 2.75) is 61.3 Å². The number of aliphatic hydroxyl groups is 6. The van der Waals surface area contributed by atoms with Crippen molar-refractivity contribution in [1.82, 2.24) is 0 Å². The molecule has 1 unspecified atom stereocenters. The minimum atomic E-state index is -2.71. The summed E-state index contributed by atoms with van der Waals surface area (Å²) in [7, 11) is 0. The van der Waals surface area contributed by atoms with E-state index >= 15 is 0 Å². The summed E-state index contributed by atoms with van der Waals surface area (Å²) in [4.78, 5) is 11.2. The summed E-state index contributed by atoms with van der Waals surface area (Å²) in [6.07, 6.45) is -13.5. The molecule has 12 heteroatoms. The average molecular weight is 355 g/mol. The molecule has 0 aromatic rings. The van der Waals surface area contributed by atoms with Crippen LogP contribution in [0.25, 0.3) is 0 Å². The number of nitrogens with two attached hydrogens (primary N) is 1. The third kappa shape index (κ3) is 3.52. The molecule has 9 N–H and O–H groups in total. The molecular weight excluding hydrogens is 334 g/mol. The normalized spacial score (nSPS) is 49.8. The van der Waals surface area contributed by atoms with Gasteiger partial charge in [0.25, 0.3) is 0 Å². The second-order valence-electron chi connectivity index (χ2n) is 5.76. The maximum atomic E-state index is 11.2. The van der Waals surface area contributed by atoms with Gasteiger partial charge in [0.05, 0.1) is 12.7 Å². The van der Waals surface area contributed by atoms with Crippen molar-refractivity contribution in [3.8, 4) is 0 Å². The van der Waals surface area contributed by atoms with Gasteiger partial charge in [-0.3, -0.25) is 5.73 Å². The molecule has 0 saturated carbocycles. The molecule has 2 aliphatic heterocycles. The fourth-order valence-electron chi connectivity index (χ4n) is 2.57. The van der Waals surface area contributed by atoms with Gasteiger partial charge in [-0.1, -0.05) is 0 Å². The van der Waals surface area contributed by atoms with Gasteiger partial charge in [0.15, 0.2) is 18.1 Å². The smallest absolute Gasteiger partial charge is 0.335 e. The summed E-state index contributed by atoms with van der Waals surface area (Å²) >= 11 is 0. The van der Waals surface area contributed by atoms with Crippen LogP contribution in [-0.2, 0) is 19.0 Å². The fourth-order valence-corrected chi connectivity index (χ4v) is 2.57. The van der Waals surface area contributed by atoms with E-state index in [2.05, 4.69) is 4.74 Å². The highest BCUT2D eigenvalue weighted by Gasteiger charge is 2.56. The van der Waals surface area contributed by atoms with Crippen LogP contribution in [0.3, 0.4) is 0 Å². The Labute approximate surface area is 135 Å². The Bertz CT molecular complexity index is 460. The molecular formula is C12H21NO11. The summed E-state index contributed by atoms with van der Waals surface area (Å²) in [5, 5.41) is 66.9. The first-order valence-electron chi connectivity index (χ1n) is 7.13. The number of carboxylic acid groups (broad SMARTS) is 1. The minimum absolute atomic E-state index is 0.307. The van der Waals surface area contributed by atoms with Gasteiger partial charge in [-0.15, -0.1) is 0 Å². The number of aliphatic carboxylic acids is 1. The molecule has 24 heavy (non-hydrogen) atoms. The Kier molecular flexibility index (Phi) is 5.76. The lowest BCUT2D eigenvalue weighted by Crippen LogP contribution is -2.72. The molecule has 0 spiro atoms. The molecule has 2 rings (SSSR count). The molecule has 2 fully saturated rings. The van der Waals surface area contributed by atoms with Crippen LogP contribution in [-0.4, -0.2) is 103 Å². The predicted molar refractivity (Wildman–Crippen MR) is 70.9 cm³/mol.